The van der Waals surface area contributed by atoms with Gasteiger partial charge in [-0.1, -0.05) is 61.3 Å². The highest BCUT2D eigenvalue weighted by atomic mass is 35.5. The Kier molecular flexibility index (Phi) is 7.68. The second-order valence-electron chi connectivity index (χ2n) is 8.77. The molecule has 2 amide bonds. The van der Waals surface area contributed by atoms with E-state index < -0.39 is 0 Å². The molecule has 0 unspecified atom stereocenters. The van der Waals surface area contributed by atoms with E-state index in [-0.39, 0.29) is 24.3 Å². The number of imidazole rings is 1. The van der Waals surface area contributed by atoms with Gasteiger partial charge in [-0.3, -0.25) is 19.5 Å². The molecule has 8 heteroatoms. The minimum atomic E-state index is -0.308. The molecule has 4 aromatic rings. The number of nitrogens with one attached hydrogen (secondary N) is 1. The van der Waals surface area contributed by atoms with E-state index in [1.165, 1.54) is 11.3 Å². The van der Waals surface area contributed by atoms with Crippen LogP contribution in [-0.4, -0.2) is 39.4 Å². The number of aryl methyl sites for hydroxylation is 1. The Morgan fingerprint density at radius 2 is 1.80 bits per heavy atom. The molecule has 0 atom stereocenters. The van der Waals surface area contributed by atoms with Crippen molar-refractivity contribution in [1.29, 1.82) is 0 Å². The van der Waals surface area contributed by atoms with Gasteiger partial charge < -0.3 is 4.90 Å². The predicted octanol–water partition coefficient (Wildman–Crippen LogP) is 6.30. The third-order valence-corrected chi connectivity index (χ3v) is 6.46. The molecule has 0 bridgehead atoms. The molecule has 2 aromatic carbocycles. The van der Waals surface area contributed by atoms with Gasteiger partial charge in [0.05, 0.1) is 10.6 Å². The van der Waals surface area contributed by atoms with Crippen molar-refractivity contribution in [3.8, 4) is 16.9 Å². The van der Waals surface area contributed by atoms with Gasteiger partial charge in [-0.2, -0.15) is 0 Å². The number of halogens is 1. The van der Waals surface area contributed by atoms with Crippen molar-refractivity contribution < 1.29 is 9.59 Å². The van der Waals surface area contributed by atoms with Crippen LogP contribution in [0.2, 0.25) is 5.02 Å². The van der Waals surface area contributed by atoms with Crippen LogP contribution in [0.1, 0.15) is 29.1 Å². The van der Waals surface area contributed by atoms with E-state index >= 15 is 0 Å². The summed E-state index contributed by atoms with van der Waals surface area (Å²) in [6.45, 7) is 6.48. The first-order valence-electron chi connectivity index (χ1n) is 11.3. The van der Waals surface area contributed by atoms with Gasteiger partial charge in [-0.05, 0) is 48.6 Å². The summed E-state index contributed by atoms with van der Waals surface area (Å²) >= 11 is 7.42. The molecule has 6 nitrogen and oxygen atoms in total. The lowest BCUT2D eigenvalue weighted by Gasteiger charge is -2.23. The van der Waals surface area contributed by atoms with Gasteiger partial charge in [0.25, 0.3) is 5.91 Å². The number of anilines is 1. The maximum Gasteiger partial charge on any atom is 0.264 e. The molecule has 2 heterocycles. The Bertz CT molecular complexity index is 1300. The average molecular weight is 507 g/mol. The van der Waals surface area contributed by atoms with E-state index in [9.17, 15) is 9.59 Å². The van der Waals surface area contributed by atoms with Crippen LogP contribution in [0.3, 0.4) is 0 Å². The summed E-state index contributed by atoms with van der Waals surface area (Å²) in [5, 5.41) is 5.42. The lowest BCUT2D eigenvalue weighted by Crippen LogP contribution is -2.40. The zero-order chi connectivity index (χ0) is 24.9. The van der Waals surface area contributed by atoms with E-state index in [1.807, 2.05) is 79.4 Å². The Balaban J connectivity index is 1.62. The lowest BCUT2D eigenvalue weighted by atomic mass is 10.2. The molecule has 4 rings (SSSR count). The Morgan fingerprint density at radius 3 is 2.43 bits per heavy atom. The summed E-state index contributed by atoms with van der Waals surface area (Å²) in [6, 6.07) is 19.0. The van der Waals surface area contributed by atoms with E-state index in [0.29, 0.717) is 28.1 Å². The number of thiophene rings is 1. The van der Waals surface area contributed by atoms with Crippen molar-refractivity contribution >= 4 is 40.7 Å². The van der Waals surface area contributed by atoms with Crippen LogP contribution in [0.25, 0.3) is 16.9 Å². The van der Waals surface area contributed by atoms with Crippen molar-refractivity contribution in [3.63, 3.8) is 0 Å². The summed E-state index contributed by atoms with van der Waals surface area (Å²) in [5.74, 6) is 0.152. The van der Waals surface area contributed by atoms with Gasteiger partial charge in [-0.25, -0.2) is 4.98 Å². The topological polar surface area (TPSA) is 67.2 Å². The normalized spacial score (nSPS) is 11.0. The number of aromatic nitrogens is 2. The molecule has 0 aliphatic heterocycles. The molecule has 180 valence electrons. The first kappa shape index (κ1) is 24.7. The fraction of sp³-hybridized carbons (Fsp3) is 0.222. The minimum absolute atomic E-state index is 0.0635. The summed E-state index contributed by atoms with van der Waals surface area (Å²) in [6.07, 6.45) is 1.88. The Morgan fingerprint density at radius 1 is 1.09 bits per heavy atom. The Labute approximate surface area is 214 Å². The number of amides is 2. The lowest BCUT2D eigenvalue weighted by molar-refractivity contribution is -0.117. The van der Waals surface area contributed by atoms with Crippen molar-refractivity contribution in [3.05, 3.63) is 87.7 Å². The van der Waals surface area contributed by atoms with Crippen LogP contribution in [-0.2, 0) is 4.79 Å². The first-order valence-corrected chi connectivity index (χ1v) is 12.6. The van der Waals surface area contributed by atoms with E-state index in [2.05, 4.69) is 5.32 Å². The van der Waals surface area contributed by atoms with E-state index in [4.69, 9.17) is 16.6 Å². The van der Waals surface area contributed by atoms with E-state index in [1.54, 1.807) is 23.1 Å². The number of benzene rings is 2. The van der Waals surface area contributed by atoms with Crippen LogP contribution >= 0.6 is 22.9 Å². The largest absolute Gasteiger partial charge is 0.328 e. The number of hydrogen-bond donors (Lipinski definition) is 1. The second-order valence-corrected chi connectivity index (χ2v) is 10.2. The van der Waals surface area contributed by atoms with Crippen molar-refractivity contribution in [2.75, 3.05) is 18.4 Å². The fourth-order valence-electron chi connectivity index (χ4n) is 3.68. The Hall–Kier alpha value is -3.42. The fourth-order valence-corrected chi connectivity index (χ4v) is 4.50. The third-order valence-electron chi connectivity index (χ3n) is 5.35. The van der Waals surface area contributed by atoms with Crippen molar-refractivity contribution in [2.24, 2.45) is 5.92 Å². The highest BCUT2D eigenvalue weighted by Gasteiger charge is 2.22. The molecule has 0 radical (unpaired) electrons. The van der Waals surface area contributed by atoms with Crippen LogP contribution in [0.15, 0.2) is 72.2 Å². The molecular weight excluding hydrogens is 480 g/mol. The van der Waals surface area contributed by atoms with Crippen molar-refractivity contribution in [1.82, 2.24) is 14.5 Å². The number of nitrogens with zero attached hydrogens (tertiary/aromatic N) is 3. The zero-order valence-corrected chi connectivity index (χ0v) is 21.4. The van der Waals surface area contributed by atoms with Gasteiger partial charge in [0.15, 0.2) is 0 Å². The van der Waals surface area contributed by atoms with Crippen LogP contribution in [0, 0.1) is 12.8 Å². The quantitative estimate of drug-likeness (QED) is 0.305. The molecule has 0 aliphatic rings. The first-order chi connectivity index (χ1) is 16.8. The molecule has 0 aliphatic carbocycles. The number of carbonyl (C=O) groups excluding carboxylic acids is 2. The molecule has 35 heavy (non-hydrogen) atoms. The summed E-state index contributed by atoms with van der Waals surface area (Å²) in [5.41, 5.74) is 3.58. The maximum atomic E-state index is 13.1. The summed E-state index contributed by atoms with van der Waals surface area (Å²) < 4.78 is 1.84. The van der Waals surface area contributed by atoms with Crippen LogP contribution in [0.5, 0.6) is 0 Å². The summed E-state index contributed by atoms with van der Waals surface area (Å²) in [4.78, 5) is 33.0. The van der Waals surface area contributed by atoms with Crippen LogP contribution in [0.4, 0.5) is 5.95 Å². The van der Waals surface area contributed by atoms with E-state index in [0.717, 1.165) is 16.8 Å². The standard InChI is InChI=1S/C27H27ClN4O2S/c1-18(2)15-31(26(34)24-5-4-14-35-24)17-25(33)30-27-29-23(20-8-10-21(28)11-9-20)16-32(27)22-12-6-19(3)7-13-22/h4-14,16,18H,15,17H2,1-3H3,(H,29,30,33). The number of rotatable bonds is 8. The second kappa shape index (κ2) is 10.9. The maximum absolute atomic E-state index is 13.1. The van der Waals surface area contributed by atoms with Gasteiger partial charge in [0.1, 0.15) is 6.54 Å². The van der Waals surface area contributed by atoms with Gasteiger partial charge in [0.2, 0.25) is 11.9 Å². The van der Waals surface area contributed by atoms with Gasteiger partial charge >= 0.3 is 0 Å². The third kappa shape index (κ3) is 6.18. The highest BCUT2D eigenvalue weighted by molar-refractivity contribution is 7.12. The minimum Gasteiger partial charge on any atom is -0.328 e. The SMILES string of the molecule is Cc1ccc(-n2cc(-c3ccc(Cl)cc3)nc2NC(=O)CN(CC(C)C)C(=O)c2cccs2)cc1. The zero-order valence-electron chi connectivity index (χ0n) is 19.9. The summed E-state index contributed by atoms with van der Waals surface area (Å²) in [7, 11) is 0. The number of hydrogen-bond acceptors (Lipinski definition) is 4. The van der Waals surface area contributed by atoms with Crippen LogP contribution < -0.4 is 5.32 Å². The number of carbonyl (C=O) groups is 2. The van der Waals surface area contributed by atoms with Gasteiger partial charge in [-0.15, -0.1) is 11.3 Å². The predicted molar refractivity (Wildman–Crippen MR) is 142 cm³/mol. The molecule has 1 N–H and O–H groups in total. The average Bonchev–Trinajstić information content (AvgIpc) is 3.50. The molecule has 0 fully saturated rings. The molecular formula is C27H27ClN4O2S. The smallest absolute Gasteiger partial charge is 0.264 e. The van der Waals surface area contributed by atoms with Crippen molar-refractivity contribution in [2.45, 2.75) is 20.8 Å². The molecule has 0 saturated carbocycles. The molecule has 2 aromatic heterocycles. The monoisotopic (exact) mass is 506 g/mol. The molecule has 0 spiro atoms. The van der Waals surface area contributed by atoms with Gasteiger partial charge in [0, 0.05) is 29.0 Å². The molecule has 0 saturated heterocycles. The highest BCUT2D eigenvalue weighted by Crippen LogP contribution is 2.26.